The van der Waals surface area contributed by atoms with Gasteiger partial charge in [0.1, 0.15) is 5.75 Å². The van der Waals surface area contributed by atoms with Gasteiger partial charge in [0.15, 0.2) is 0 Å². The number of phenols is 1. The molecule has 0 saturated carbocycles. The van der Waals surface area contributed by atoms with E-state index in [1.54, 1.807) is 12.1 Å². The average molecular weight is 227 g/mol. The number of aromatic hydroxyl groups is 1. The topological polar surface area (TPSA) is 32.3 Å². The van der Waals surface area contributed by atoms with Gasteiger partial charge in [-0.15, -0.1) is 0 Å². The minimum absolute atomic E-state index is 0.249. The molecule has 0 spiro atoms. The van der Waals surface area contributed by atoms with Crippen molar-refractivity contribution in [3.8, 4) is 5.75 Å². The van der Waals surface area contributed by atoms with Crippen molar-refractivity contribution in [1.82, 2.24) is 0 Å². The summed E-state index contributed by atoms with van der Waals surface area (Å²) in [6, 6.07) is 15.9. The first-order chi connectivity index (χ1) is 8.16. The summed E-state index contributed by atoms with van der Waals surface area (Å²) in [6.45, 7) is 4.11. The van der Waals surface area contributed by atoms with Crippen LogP contribution in [0, 0.1) is 6.92 Å². The molecule has 1 atom stereocenters. The van der Waals surface area contributed by atoms with Crippen molar-refractivity contribution < 1.29 is 5.11 Å². The van der Waals surface area contributed by atoms with Crippen LogP contribution in [0.1, 0.15) is 24.1 Å². The molecule has 0 radical (unpaired) electrons. The number of phenolic OH excluding ortho intramolecular Hbond substituents is 1. The second-order valence-corrected chi connectivity index (χ2v) is 4.28. The van der Waals surface area contributed by atoms with Crippen molar-refractivity contribution in [2.75, 3.05) is 5.32 Å². The standard InChI is InChI=1S/C15H17NO/c1-11-10-14(17)8-9-15(11)16-12(2)13-6-4-3-5-7-13/h3-10,12,16-17H,1-2H3. The summed E-state index contributed by atoms with van der Waals surface area (Å²) in [5.41, 5.74) is 3.35. The van der Waals surface area contributed by atoms with E-state index in [1.807, 2.05) is 31.2 Å². The third kappa shape index (κ3) is 2.78. The van der Waals surface area contributed by atoms with Crippen molar-refractivity contribution >= 4 is 5.69 Å². The molecule has 0 heterocycles. The maximum absolute atomic E-state index is 9.36. The highest BCUT2D eigenvalue weighted by atomic mass is 16.3. The molecule has 0 saturated heterocycles. The first-order valence-electron chi connectivity index (χ1n) is 5.78. The molecule has 0 amide bonds. The Bertz CT molecular complexity index is 494. The van der Waals surface area contributed by atoms with E-state index in [0.717, 1.165) is 11.3 Å². The molecule has 2 heteroatoms. The quantitative estimate of drug-likeness (QED) is 0.780. The van der Waals surface area contributed by atoms with Crippen LogP contribution in [0.4, 0.5) is 5.69 Å². The summed E-state index contributed by atoms with van der Waals surface area (Å²) in [7, 11) is 0. The molecule has 0 fully saturated rings. The Hall–Kier alpha value is -1.96. The van der Waals surface area contributed by atoms with Gasteiger partial charge in [0, 0.05) is 11.7 Å². The number of anilines is 1. The number of nitrogens with one attached hydrogen (secondary N) is 1. The van der Waals surface area contributed by atoms with Gasteiger partial charge in [-0.05, 0) is 43.2 Å². The minimum atomic E-state index is 0.249. The predicted octanol–water partition coefficient (Wildman–Crippen LogP) is 3.87. The molecule has 1 unspecified atom stereocenters. The molecular weight excluding hydrogens is 210 g/mol. The molecule has 2 aromatic carbocycles. The number of rotatable bonds is 3. The van der Waals surface area contributed by atoms with Crippen molar-refractivity contribution in [2.45, 2.75) is 19.9 Å². The highest BCUT2D eigenvalue weighted by Crippen LogP contribution is 2.24. The molecular formula is C15H17NO. The van der Waals surface area contributed by atoms with E-state index in [2.05, 4.69) is 24.4 Å². The van der Waals surface area contributed by atoms with Gasteiger partial charge in [-0.25, -0.2) is 0 Å². The first kappa shape index (κ1) is 11.5. The van der Waals surface area contributed by atoms with Crippen LogP contribution in [0.5, 0.6) is 5.75 Å². The SMILES string of the molecule is Cc1cc(O)ccc1NC(C)c1ccccc1. The van der Waals surface area contributed by atoms with Crippen molar-refractivity contribution in [3.05, 3.63) is 59.7 Å². The van der Waals surface area contributed by atoms with E-state index >= 15 is 0 Å². The fourth-order valence-corrected chi connectivity index (χ4v) is 1.87. The fraction of sp³-hybridized carbons (Fsp3) is 0.200. The largest absolute Gasteiger partial charge is 0.508 e. The van der Waals surface area contributed by atoms with Crippen LogP contribution < -0.4 is 5.32 Å². The molecule has 2 rings (SSSR count). The molecule has 17 heavy (non-hydrogen) atoms. The van der Waals surface area contributed by atoms with E-state index in [1.165, 1.54) is 5.56 Å². The highest BCUT2D eigenvalue weighted by Gasteiger charge is 2.06. The van der Waals surface area contributed by atoms with Gasteiger partial charge in [-0.2, -0.15) is 0 Å². The van der Waals surface area contributed by atoms with Crippen molar-refractivity contribution in [2.24, 2.45) is 0 Å². The van der Waals surface area contributed by atoms with Gasteiger partial charge < -0.3 is 10.4 Å². The van der Waals surface area contributed by atoms with Gasteiger partial charge in [0.05, 0.1) is 0 Å². The summed E-state index contributed by atoms with van der Waals surface area (Å²) in [5, 5.41) is 12.8. The summed E-state index contributed by atoms with van der Waals surface area (Å²) < 4.78 is 0. The highest BCUT2D eigenvalue weighted by molar-refractivity contribution is 5.54. The van der Waals surface area contributed by atoms with E-state index in [-0.39, 0.29) is 6.04 Å². The molecule has 2 N–H and O–H groups in total. The molecule has 0 aliphatic carbocycles. The number of hydrogen-bond donors (Lipinski definition) is 2. The fourth-order valence-electron chi connectivity index (χ4n) is 1.87. The Kier molecular flexibility index (Phi) is 3.33. The zero-order valence-electron chi connectivity index (χ0n) is 10.1. The smallest absolute Gasteiger partial charge is 0.115 e. The molecule has 0 aromatic heterocycles. The van der Waals surface area contributed by atoms with Crippen LogP contribution in [0.15, 0.2) is 48.5 Å². The summed E-state index contributed by atoms with van der Waals surface area (Å²) in [5.74, 6) is 0.306. The summed E-state index contributed by atoms with van der Waals surface area (Å²) in [4.78, 5) is 0. The molecule has 0 aliphatic rings. The lowest BCUT2D eigenvalue weighted by atomic mass is 10.1. The molecule has 0 bridgehead atoms. The Labute approximate surface area is 102 Å². The summed E-state index contributed by atoms with van der Waals surface area (Å²) in [6.07, 6.45) is 0. The lowest BCUT2D eigenvalue weighted by Gasteiger charge is -2.17. The maximum atomic E-state index is 9.36. The van der Waals surface area contributed by atoms with Crippen LogP contribution in [0.25, 0.3) is 0 Å². The Morgan fingerprint density at radius 2 is 1.76 bits per heavy atom. The van der Waals surface area contributed by atoms with Gasteiger partial charge >= 0.3 is 0 Å². The molecule has 2 nitrogen and oxygen atoms in total. The average Bonchev–Trinajstić information content (AvgIpc) is 2.34. The summed E-state index contributed by atoms with van der Waals surface area (Å²) >= 11 is 0. The molecule has 88 valence electrons. The lowest BCUT2D eigenvalue weighted by molar-refractivity contribution is 0.475. The van der Waals surface area contributed by atoms with Crippen LogP contribution in [-0.4, -0.2) is 5.11 Å². The Morgan fingerprint density at radius 1 is 1.06 bits per heavy atom. The van der Waals surface area contributed by atoms with Gasteiger partial charge in [0.2, 0.25) is 0 Å². The molecule has 0 aliphatic heterocycles. The predicted molar refractivity (Wildman–Crippen MR) is 71.3 cm³/mol. The first-order valence-corrected chi connectivity index (χ1v) is 5.78. The van der Waals surface area contributed by atoms with Gasteiger partial charge in [-0.1, -0.05) is 30.3 Å². The van der Waals surface area contributed by atoms with E-state index in [0.29, 0.717) is 5.75 Å². The third-order valence-electron chi connectivity index (χ3n) is 2.88. The van der Waals surface area contributed by atoms with E-state index in [9.17, 15) is 5.11 Å². The monoisotopic (exact) mass is 227 g/mol. The number of hydrogen-bond acceptors (Lipinski definition) is 2. The van der Waals surface area contributed by atoms with Crippen LogP contribution >= 0.6 is 0 Å². The molecule has 2 aromatic rings. The third-order valence-corrected chi connectivity index (χ3v) is 2.88. The minimum Gasteiger partial charge on any atom is -0.508 e. The zero-order chi connectivity index (χ0) is 12.3. The normalized spacial score (nSPS) is 12.1. The Balaban J connectivity index is 2.16. The van der Waals surface area contributed by atoms with Crippen LogP contribution in [0.3, 0.4) is 0 Å². The van der Waals surface area contributed by atoms with E-state index in [4.69, 9.17) is 0 Å². The Morgan fingerprint density at radius 3 is 2.41 bits per heavy atom. The van der Waals surface area contributed by atoms with Crippen LogP contribution in [-0.2, 0) is 0 Å². The number of aryl methyl sites for hydroxylation is 1. The van der Waals surface area contributed by atoms with Gasteiger partial charge in [-0.3, -0.25) is 0 Å². The van der Waals surface area contributed by atoms with Crippen molar-refractivity contribution in [3.63, 3.8) is 0 Å². The van der Waals surface area contributed by atoms with Gasteiger partial charge in [0.25, 0.3) is 0 Å². The van der Waals surface area contributed by atoms with Crippen molar-refractivity contribution in [1.29, 1.82) is 0 Å². The van der Waals surface area contributed by atoms with Crippen LogP contribution in [0.2, 0.25) is 0 Å². The second kappa shape index (κ2) is 4.91. The lowest BCUT2D eigenvalue weighted by Crippen LogP contribution is -2.07. The van der Waals surface area contributed by atoms with E-state index < -0.39 is 0 Å². The zero-order valence-corrected chi connectivity index (χ0v) is 10.1. The maximum Gasteiger partial charge on any atom is 0.115 e. The second-order valence-electron chi connectivity index (χ2n) is 4.28. The number of benzene rings is 2.